The van der Waals surface area contributed by atoms with Crippen molar-refractivity contribution in [3.05, 3.63) is 444 Å². The van der Waals surface area contributed by atoms with E-state index in [0.717, 1.165) is 0 Å². The van der Waals surface area contributed by atoms with Gasteiger partial charge in [-0.25, -0.2) is 0 Å². The zero-order valence-electron chi connectivity index (χ0n) is 62.0. The Labute approximate surface area is 645 Å². The van der Waals surface area contributed by atoms with E-state index >= 15 is 0 Å². The van der Waals surface area contributed by atoms with E-state index in [2.05, 4.69) is 433 Å². The lowest BCUT2D eigenvalue weighted by molar-refractivity contribution is 1.01. The number of para-hydroxylation sites is 6. The summed E-state index contributed by atoms with van der Waals surface area (Å²) in [6.45, 7) is 6.48. The number of rotatable bonds is 8. The van der Waals surface area contributed by atoms with E-state index in [1.165, 1.54) is 205 Å². The molecule has 17 aromatic carbocycles. The summed E-state index contributed by atoms with van der Waals surface area (Å²) in [5.74, 6) is 0.554. The van der Waals surface area contributed by atoms with Gasteiger partial charge in [-0.15, -0.1) is 0 Å². The molecular formula is C107H76N4. The van der Waals surface area contributed by atoms with Crippen LogP contribution in [0.5, 0.6) is 0 Å². The minimum absolute atomic E-state index is 0.275. The molecule has 21 aromatic rings. The van der Waals surface area contributed by atoms with Gasteiger partial charge in [0.2, 0.25) is 0 Å². The summed E-state index contributed by atoms with van der Waals surface area (Å²) >= 11 is 0. The Kier molecular flexibility index (Phi) is 15.7. The van der Waals surface area contributed by atoms with Gasteiger partial charge in [-0.2, -0.15) is 0 Å². The molecule has 524 valence electrons. The summed E-state index contributed by atoms with van der Waals surface area (Å²) in [5, 5.41) is 10.3. The number of hydrogen-bond acceptors (Lipinski definition) is 0. The maximum absolute atomic E-state index is 2.41. The third-order valence-electron chi connectivity index (χ3n) is 23.4. The van der Waals surface area contributed by atoms with Crippen LogP contribution in [0.15, 0.2) is 394 Å². The van der Waals surface area contributed by atoms with E-state index in [0.29, 0.717) is 0 Å². The first-order valence-corrected chi connectivity index (χ1v) is 38.7. The quantitative estimate of drug-likeness (QED) is 0.144. The molecule has 0 saturated heterocycles. The fraction of sp³-hybridized carbons (Fsp3) is 0.0467. The van der Waals surface area contributed by atoms with Gasteiger partial charge < -0.3 is 18.3 Å². The van der Waals surface area contributed by atoms with E-state index in [1.807, 2.05) is 0 Å². The summed E-state index contributed by atoms with van der Waals surface area (Å²) < 4.78 is 9.54. The lowest BCUT2D eigenvalue weighted by Gasteiger charge is -2.15. The second-order valence-corrected chi connectivity index (χ2v) is 30.1. The maximum Gasteiger partial charge on any atom is 0.0542 e. The standard InChI is InChI=1S/2C38H27N.C31H22N2/c1-25-16-19-31-33(22-25)34-23-27(17-20-32(34)38(31)26-10-4-2-5-11-26)28-18-21-37-35(24-28)30-14-8-9-15-36(30)39(37)29-12-6-3-7-13-29;1-25-10-9-13-29(22-25)39-36-17-8-7-15-31(36)35-24-28(19-21-37(35)39)27-18-20-33-34(23-27)30-14-5-6-16-32(30)38(33)26-11-3-2-4-12-26;1-21-14-16-22(17-15-21)32-30-13-7-4-10-26(30)27-20-23(18-19-31(27)32)33-28-11-5-2-8-24(28)25-9-3-6-12-29(25)33/h2*2-24,38H,1H3;2-20H,1H3. The van der Waals surface area contributed by atoms with Crippen LogP contribution in [0.3, 0.4) is 0 Å². The number of aromatic nitrogens is 4. The summed E-state index contributed by atoms with van der Waals surface area (Å²) in [6.07, 6.45) is 0. The number of fused-ring (bicyclic) bond motifs is 18. The van der Waals surface area contributed by atoms with Gasteiger partial charge in [0.15, 0.2) is 0 Å². The number of nitrogens with zero attached hydrogens (tertiary/aromatic N) is 4. The molecule has 0 aliphatic heterocycles. The van der Waals surface area contributed by atoms with Gasteiger partial charge in [-0.3, -0.25) is 0 Å². The predicted octanol–water partition coefficient (Wildman–Crippen LogP) is 28.0. The molecule has 0 fully saturated rings. The zero-order chi connectivity index (χ0) is 73.8. The van der Waals surface area contributed by atoms with Gasteiger partial charge in [0, 0.05) is 77.7 Å². The predicted molar refractivity (Wildman–Crippen MR) is 467 cm³/mol. The molecule has 111 heavy (non-hydrogen) atoms. The Morgan fingerprint density at radius 2 is 0.477 bits per heavy atom. The van der Waals surface area contributed by atoms with Crippen molar-refractivity contribution in [2.24, 2.45) is 0 Å². The van der Waals surface area contributed by atoms with Crippen LogP contribution >= 0.6 is 0 Å². The molecule has 4 heteroatoms. The second kappa shape index (κ2) is 26.7. The Bertz CT molecular complexity index is 7180. The third kappa shape index (κ3) is 11.0. The highest BCUT2D eigenvalue weighted by molar-refractivity contribution is 6.14. The van der Waals surface area contributed by atoms with Crippen molar-refractivity contribution in [3.63, 3.8) is 0 Å². The van der Waals surface area contributed by atoms with Crippen molar-refractivity contribution in [1.82, 2.24) is 18.3 Å². The summed E-state index contributed by atoms with van der Waals surface area (Å²) in [6, 6.07) is 144. The van der Waals surface area contributed by atoms with Gasteiger partial charge in [-0.1, -0.05) is 284 Å². The van der Waals surface area contributed by atoms with Crippen LogP contribution < -0.4 is 0 Å². The number of hydrogen-bond donors (Lipinski definition) is 0. The lowest BCUT2D eigenvalue weighted by atomic mass is 9.88. The van der Waals surface area contributed by atoms with Crippen molar-refractivity contribution in [2.75, 3.05) is 0 Å². The van der Waals surface area contributed by atoms with Crippen molar-refractivity contribution in [3.8, 4) is 67.3 Å². The molecule has 0 amide bonds. The van der Waals surface area contributed by atoms with Crippen LogP contribution in [-0.2, 0) is 0 Å². The van der Waals surface area contributed by atoms with Crippen molar-refractivity contribution in [2.45, 2.75) is 32.6 Å². The Morgan fingerprint density at radius 1 is 0.171 bits per heavy atom. The first kappa shape index (κ1) is 65.2. The van der Waals surface area contributed by atoms with Gasteiger partial charge >= 0.3 is 0 Å². The molecule has 4 aromatic heterocycles. The molecule has 2 aliphatic carbocycles. The lowest BCUT2D eigenvalue weighted by Crippen LogP contribution is -1.98. The Morgan fingerprint density at radius 3 is 0.973 bits per heavy atom. The van der Waals surface area contributed by atoms with Crippen molar-refractivity contribution >= 4 is 87.2 Å². The van der Waals surface area contributed by atoms with Crippen molar-refractivity contribution < 1.29 is 0 Å². The number of aryl methyl sites for hydroxylation is 3. The maximum atomic E-state index is 2.41. The average Bonchev–Trinajstić information content (AvgIpc) is 1.58. The van der Waals surface area contributed by atoms with Crippen LogP contribution in [-0.4, -0.2) is 18.3 Å². The molecule has 2 unspecified atom stereocenters. The first-order chi connectivity index (χ1) is 54.8. The minimum atomic E-state index is 0.275. The van der Waals surface area contributed by atoms with Gasteiger partial charge in [-0.05, 0) is 226 Å². The fourth-order valence-electron chi connectivity index (χ4n) is 18.4. The highest BCUT2D eigenvalue weighted by Gasteiger charge is 2.32. The molecule has 23 rings (SSSR count). The molecule has 0 saturated carbocycles. The first-order valence-electron chi connectivity index (χ1n) is 38.7. The molecule has 4 nitrogen and oxygen atoms in total. The van der Waals surface area contributed by atoms with E-state index < -0.39 is 0 Å². The smallest absolute Gasteiger partial charge is 0.0542 e. The molecule has 4 heterocycles. The summed E-state index contributed by atoms with van der Waals surface area (Å²) in [5.41, 5.74) is 37.2. The van der Waals surface area contributed by atoms with Crippen molar-refractivity contribution in [1.29, 1.82) is 0 Å². The molecule has 2 aliphatic rings. The molecule has 0 radical (unpaired) electrons. The summed E-state index contributed by atoms with van der Waals surface area (Å²) in [7, 11) is 0. The highest BCUT2D eigenvalue weighted by Crippen LogP contribution is 2.52. The SMILES string of the molecule is Cc1ccc(-n2c3ccccc3c3cc(-n4c5ccccc5c5ccccc54)ccc32)cc1.Cc1ccc2c(c1)-c1cc(-c3ccc4c(c3)c3ccccc3n4-c3ccccc3)ccc1C2c1ccccc1.Cc1cccc(-n2c3ccccc3c3cc(-c4ccc5c(c4)-c4ccccc4C5c4ccccc4)ccc32)c1. The van der Waals surface area contributed by atoms with Gasteiger partial charge in [0.05, 0.1) is 44.1 Å². The monoisotopic (exact) mass is 1420 g/mol. The van der Waals surface area contributed by atoms with Gasteiger partial charge in [0.25, 0.3) is 0 Å². The van der Waals surface area contributed by atoms with Crippen LogP contribution in [0.4, 0.5) is 0 Å². The van der Waals surface area contributed by atoms with Crippen LogP contribution in [0.1, 0.15) is 61.9 Å². The number of benzene rings is 17. The van der Waals surface area contributed by atoms with E-state index in [9.17, 15) is 0 Å². The van der Waals surface area contributed by atoms with E-state index in [-0.39, 0.29) is 11.8 Å². The average molecular weight is 1420 g/mol. The van der Waals surface area contributed by atoms with E-state index in [4.69, 9.17) is 0 Å². The van der Waals surface area contributed by atoms with Crippen LogP contribution in [0.25, 0.3) is 154 Å². The summed E-state index contributed by atoms with van der Waals surface area (Å²) in [4.78, 5) is 0. The van der Waals surface area contributed by atoms with Crippen LogP contribution in [0, 0.1) is 20.8 Å². The molecule has 2 atom stereocenters. The Balaban J connectivity index is 0.000000106. The molecule has 0 spiro atoms. The fourth-order valence-corrected chi connectivity index (χ4v) is 18.4. The third-order valence-corrected chi connectivity index (χ3v) is 23.4. The molecule has 0 N–H and O–H groups in total. The van der Waals surface area contributed by atoms with Gasteiger partial charge in [0.1, 0.15) is 0 Å². The minimum Gasteiger partial charge on any atom is -0.309 e. The van der Waals surface area contributed by atoms with Crippen LogP contribution in [0.2, 0.25) is 0 Å². The zero-order valence-corrected chi connectivity index (χ0v) is 62.0. The Hall–Kier alpha value is -14.1. The largest absolute Gasteiger partial charge is 0.309 e. The van der Waals surface area contributed by atoms with E-state index in [1.54, 1.807) is 0 Å². The topological polar surface area (TPSA) is 19.7 Å². The normalized spacial score (nSPS) is 13.4. The second-order valence-electron chi connectivity index (χ2n) is 30.1. The molecular weight excluding hydrogens is 1340 g/mol. The highest BCUT2D eigenvalue weighted by atomic mass is 15.0. The molecule has 0 bridgehead atoms.